The second-order valence-corrected chi connectivity index (χ2v) is 5.43. The zero-order valence-electron chi connectivity index (χ0n) is 12.1. The first-order valence-electron chi connectivity index (χ1n) is 6.39. The first kappa shape index (κ1) is 17.9. The van der Waals surface area contributed by atoms with Gasteiger partial charge in [-0.05, 0) is 12.5 Å². The summed E-state index contributed by atoms with van der Waals surface area (Å²) >= 11 is 1.30. The number of hydrogen-bond donors (Lipinski definition) is 3. The van der Waals surface area contributed by atoms with E-state index in [1.807, 2.05) is 31.2 Å². The number of carbonyl (C=O) groups excluding carboxylic acids is 1. The molecule has 0 spiro atoms. The van der Waals surface area contributed by atoms with Gasteiger partial charge in [0, 0.05) is 11.9 Å². The van der Waals surface area contributed by atoms with Crippen molar-refractivity contribution in [2.75, 3.05) is 0 Å². The topological polar surface area (TPSA) is 106 Å². The number of rotatable bonds is 5. The summed E-state index contributed by atoms with van der Waals surface area (Å²) < 4.78 is 0. The number of carbonyl (C=O) groups is 1. The molecule has 0 aliphatic carbocycles. The number of benzene rings is 1. The van der Waals surface area contributed by atoms with Crippen LogP contribution in [-0.2, 0) is 17.8 Å². The smallest absolute Gasteiger partial charge is 0.226 e. The lowest BCUT2D eigenvalue weighted by molar-refractivity contribution is -0.120. The molecule has 1 heterocycles. The summed E-state index contributed by atoms with van der Waals surface area (Å²) in [5.74, 6) is -0.128. The fourth-order valence-electron chi connectivity index (χ4n) is 1.67. The molecule has 0 fully saturated rings. The summed E-state index contributed by atoms with van der Waals surface area (Å²) in [6, 6.07) is 8.03. The molecule has 22 heavy (non-hydrogen) atoms. The molecule has 2 aromatic rings. The lowest BCUT2D eigenvalue weighted by Crippen LogP contribution is -2.24. The van der Waals surface area contributed by atoms with Gasteiger partial charge in [-0.3, -0.25) is 4.79 Å². The van der Waals surface area contributed by atoms with Gasteiger partial charge in [0.05, 0.1) is 12.1 Å². The number of guanidine groups is 1. The standard InChI is InChI=1S/C14H17N5OS.ClH/c1-9-2-4-10(5-3-9)7-17-12(20)6-11-8-21-14(18-11)19-13(15)16;/h2-5,8H,6-7H2,1H3,(H,17,20)(H4,15,16,18,19);1H. The Morgan fingerprint density at radius 1 is 1.32 bits per heavy atom. The van der Waals surface area contributed by atoms with E-state index < -0.39 is 0 Å². The Morgan fingerprint density at radius 2 is 2.00 bits per heavy atom. The van der Waals surface area contributed by atoms with Crippen LogP contribution in [0.25, 0.3) is 0 Å². The highest BCUT2D eigenvalue weighted by Gasteiger charge is 2.07. The van der Waals surface area contributed by atoms with Crippen LogP contribution in [0.1, 0.15) is 16.8 Å². The summed E-state index contributed by atoms with van der Waals surface area (Å²) in [7, 11) is 0. The Kier molecular flexibility index (Phi) is 6.81. The first-order chi connectivity index (χ1) is 10.0. The SMILES string of the molecule is Cc1ccc(CNC(=O)Cc2csc(N=C(N)N)n2)cc1.Cl. The summed E-state index contributed by atoms with van der Waals surface area (Å²) in [5.41, 5.74) is 13.5. The third-order valence-electron chi connectivity index (χ3n) is 2.72. The summed E-state index contributed by atoms with van der Waals surface area (Å²) in [6.45, 7) is 2.53. The van der Waals surface area contributed by atoms with Crippen molar-refractivity contribution in [1.82, 2.24) is 10.3 Å². The van der Waals surface area contributed by atoms with Crippen LogP contribution in [0.15, 0.2) is 34.6 Å². The van der Waals surface area contributed by atoms with Crippen LogP contribution in [0.5, 0.6) is 0 Å². The van der Waals surface area contributed by atoms with E-state index in [0.717, 1.165) is 5.56 Å². The van der Waals surface area contributed by atoms with Gasteiger partial charge in [0.2, 0.25) is 11.0 Å². The monoisotopic (exact) mass is 339 g/mol. The van der Waals surface area contributed by atoms with Crippen molar-refractivity contribution in [3.63, 3.8) is 0 Å². The number of aryl methyl sites for hydroxylation is 1. The number of amides is 1. The van der Waals surface area contributed by atoms with Gasteiger partial charge in [-0.15, -0.1) is 23.7 Å². The van der Waals surface area contributed by atoms with E-state index in [2.05, 4.69) is 15.3 Å². The number of halogens is 1. The number of aromatic nitrogens is 1. The fourth-order valence-corrected chi connectivity index (χ4v) is 2.38. The molecule has 0 saturated heterocycles. The van der Waals surface area contributed by atoms with Crippen LogP contribution in [0.3, 0.4) is 0 Å². The molecule has 0 aliphatic rings. The number of nitrogens with one attached hydrogen (secondary N) is 1. The molecule has 0 bridgehead atoms. The van der Waals surface area contributed by atoms with Gasteiger partial charge >= 0.3 is 0 Å². The van der Waals surface area contributed by atoms with Crippen LogP contribution in [0, 0.1) is 6.92 Å². The zero-order valence-corrected chi connectivity index (χ0v) is 13.7. The van der Waals surface area contributed by atoms with Crippen molar-refractivity contribution in [2.24, 2.45) is 16.5 Å². The highest BCUT2D eigenvalue weighted by atomic mass is 35.5. The van der Waals surface area contributed by atoms with Crippen molar-refractivity contribution in [1.29, 1.82) is 0 Å². The maximum absolute atomic E-state index is 11.9. The first-order valence-corrected chi connectivity index (χ1v) is 7.27. The fraction of sp³-hybridized carbons (Fsp3) is 0.214. The Hall–Kier alpha value is -2.12. The van der Waals surface area contributed by atoms with Gasteiger partial charge in [0.1, 0.15) is 0 Å². The lowest BCUT2D eigenvalue weighted by Gasteiger charge is -2.04. The second-order valence-electron chi connectivity index (χ2n) is 4.60. The van der Waals surface area contributed by atoms with Gasteiger partial charge < -0.3 is 16.8 Å². The van der Waals surface area contributed by atoms with Gasteiger partial charge in [-0.2, -0.15) is 4.99 Å². The van der Waals surface area contributed by atoms with E-state index >= 15 is 0 Å². The molecule has 118 valence electrons. The molecule has 6 nitrogen and oxygen atoms in total. The number of hydrogen-bond acceptors (Lipinski definition) is 4. The number of nitrogens with zero attached hydrogens (tertiary/aromatic N) is 2. The van der Waals surface area contributed by atoms with Crippen LogP contribution >= 0.6 is 23.7 Å². The number of nitrogens with two attached hydrogens (primary N) is 2. The summed E-state index contributed by atoms with van der Waals surface area (Å²) in [6.07, 6.45) is 0.211. The minimum Gasteiger partial charge on any atom is -0.370 e. The summed E-state index contributed by atoms with van der Waals surface area (Å²) in [5, 5.41) is 5.08. The number of thiazole rings is 1. The third-order valence-corrected chi connectivity index (χ3v) is 3.50. The maximum Gasteiger partial charge on any atom is 0.226 e. The molecule has 0 radical (unpaired) electrons. The van der Waals surface area contributed by atoms with Crippen molar-refractivity contribution in [2.45, 2.75) is 19.9 Å². The molecule has 0 atom stereocenters. The summed E-state index contributed by atoms with van der Waals surface area (Å²) in [4.78, 5) is 19.9. The Bertz CT molecular complexity index is 650. The van der Waals surface area contributed by atoms with E-state index in [1.165, 1.54) is 16.9 Å². The molecular weight excluding hydrogens is 322 g/mol. The van der Waals surface area contributed by atoms with Gasteiger partial charge in [0.15, 0.2) is 5.96 Å². The van der Waals surface area contributed by atoms with E-state index in [-0.39, 0.29) is 30.7 Å². The predicted octanol–water partition coefficient (Wildman–Crippen LogP) is 1.64. The molecule has 1 aromatic carbocycles. The Balaban J connectivity index is 0.00000242. The van der Waals surface area contributed by atoms with Crippen molar-refractivity contribution in [3.05, 3.63) is 46.5 Å². The molecule has 8 heteroatoms. The second kappa shape index (κ2) is 8.35. The van der Waals surface area contributed by atoms with Gasteiger partial charge in [0.25, 0.3) is 0 Å². The van der Waals surface area contributed by atoms with E-state index in [1.54, 1.807) is 5.38 Å². The Labute approximate surface area is 139 Å². The molecular formula is C14H18ClN5OS. The quantitative estimate of drug-likeness (QED) is 0.568. The minimum atomic E-state index is -0.0860. The van der Waals surface area contributed by atoms with Crippen molar-refractivity contribution >= 4 is 40.7 Å². The molecule has 0 saturated carbocycles. The lowest BCUT2D eigenvalue weighted by atomic mass is 10.1. The van der Waals surface area contributed by atoms with Crippen LogP contribution in [0.4, 0.5) is 5.13 Å². The third kappa shape index (κ3) is 5.71. The van der Waals surface area contributed by atoms with Gasteiger partial charge in [-0.1, -0.05) is 29.8 Å². The molecule has 1 aromatic heterocycles. The van der Waals surface area contributed by atoms with Crippen LogP contribution in [0.2, 0.25) is 0 Å². The highest BCUT2D eigenvalue weighted by molar-refractivity contribution is 7.13. The minimum absolute atomic E-state index is 0. The predicted molar refractivity (Wildman–Crippen MR) is 91.6 cm³/mol. The highest BCUT2D eigenvalue weighted by Crippen LogP contribution is 2.18. The zero-order chi connectivity index (χ0) is 15.2. The van der Waals surface area contributed by atoms with Crippen molar-refractivity contribution in [3.8, 4) is 0 Å². The van der Waals surface area contributed by atoms with Crippen LogP contribution < -0.4 is 16.8 Å². The van der Waals surface area contributed by atoms with E-state index in [4.69, 9.17) is 11.5 Å². The molecule has 1 amide bonds. The largest absolute Gasteiger partial charge is 0.370 e. The maximum atomic E-state index is 11.9. The normalized spacial score (nSPS) is 9.68. The van der Waals surface area contributed by atoms with E-state index in [0.29, 0.717) is 17.4 Å². The van der Waals surface area contributed by atoms with Gasteiger partial charge in [-0.25, -0.2) is 4.98 Å². The van der Waals surface area contributed by atoms with E-state index in [9.17, 15) is 4.79 Å². The molecule has 0 aliphatic heterocycles. The molecule has 2 rings (SSSR count). The number of aliphatic imine (C=N–C) groups is 1. The average molecular weight is 340 g/mol. The van der Waals surface area contributed by atoms with Crippen molar-refractivity contribution < 1.29 is 4.79 Å². The molecule has 0 unspecified atom stereocenters. The molecule has 5 N–H and O–H groups in total. The average Bonchev–Trinajstić information content (AvgIpc) is 2.84. The van der Waals surface area contributed by atoms with Crippen LogP contribution in [-0.4, -0.2) is 16.9 Å². The Morgan fingerprint density at radius 3 is 2.64 bits per heavy atom.